The second-order valence-corrected chi connectivity index (χ2v) is 7.17. The van der Waals surface area contributed by atoms with Crippen LogP contribution in [0.2, 0.25) is 0 Å². The van der Waals surface area contributed by atoms with Gasteiger partial charge in [0.1, 0.15) is 0 Å². The summed E-state index contributed by atoms with van der Waals surface area (Å²) in [7, 11) is 0. The molecular formula is C19H30. The van der Waals surface area contributed by atoms with E-state index in [1.807, 2.05) is 0 Å². The Balaban J connectivity index is 2.07. The van der Waals surface area contributed by atoms with E-state index in [2.05, 4.69) is 58.0 Å². The van der Waals surface area contributed by atoms with Crippen LogP contribution in [0.5, 0.6) is 0 Å². The average Bonchev–Trinajstić information content (AvgIpc) is 2.39. The van der Waals surface area contributed by atoms with E-state index in [0.29, 0.717) is 0 Å². The van der Waals surface area contributed by atoms with Gasteiger partial charge in [0.15, 0.2) is 0 Å². The summed E-state index contributed by atoms with van der Waals surface area (Å²) in [6.45, 7) is 9.64. The molecule has 0 bridgehead atoms. The monoisotopic (exact) mass is 258 g/mol. The van der Waals surface area contributed by atoms with Gasteiger partial charge in [0.25, 0.3) is 0 Å². The minimum Gasteiger partial charge on any atom is -0.0625 e. The van der Waals surface area contributed by atoms with E-state index in [0.717, 1.165) is 29.6 Å². The minimum atomic E-state index is 0.835. The zero-order valence-electron chi connectivity index (χ0n) is 13.1. The molecule has 1 fully saturated rings. The first kappa shape index (κ1) is 14.6. The first-order valence-electron chi connectivity index (χ1n) is 8.11. The van der Waals surface area contributed by atoms with Crippen LogP contribution in [-0.2, 0) is 6.42 Å². The van der Waals surface area contributed by atoms with Crippen molar-refractivity contribution in [3.8, 4) is 0 Å². The molecule has 1 aliphatic carbocycles. The van der Waals surface area contributed by atoms with Crippen LogP contribution in [0.15, 0.2) is 30.3 Å². The van der Waals surface area contributed by atoms with Crippen LogP contribution in [0.3, 0.4) is 0 Å². The van der Waals surface area contributed by atoms with Crippen LogP contribution < -0.4 is 0 Å². The highest BCUT2D eigenvalue weighted by Crippen LogP contribution is 2.42. The molecule has 0 radical (unpaired) electrons. The number of hydrogen-bond donors (Lipinski definition) is 0. The van der Waals surface area contributed by atoms with Crippen molar-refractivity contribution < 1.29 is 0 Å². The van der Waals surface area contributed by atoms with Gasteiger partial charge in [0.05, 0.1) is 0 Å². The predicted molar refractivity (Wildman–Crippen MR) is 84.1 cm³/mol. The second-order valence-electron chi connectivity index (χ2n) is 7.17. The molecule has 1 saturated carbocycles. The smallest absolute Gasteiger partial charge is 0.0248 e. The van der Waals surface area contributed by atoms with Crippen molar-refractivity contribution in [1.82, 2.24) is 0 Å². The summed E-state index contributed by atoms with van der Waals surface area (Å²) in [6, 6.07) is 11.1. The molecule has 0 N–H and O–H groups in total. The van der Waals surface area contributed by atoms with Crippen molar-refractivity contribution in [3.63, 3.8) is 0 Å². The molecular weight excluding hydrogens is 228 g/mol. The topological polar surface area (TPSA) is 0 Å². The summed E-state index contributed by atoms with van der Waals surface area (Å²) in [4.78, 5) is 0. The zero-order valence-corrected chi connectivity index (χ0v) is 13.1. The van der Waals surface area contributed by atoms with Crippen LogP contribution in [0, 0.1) is 29.6 Å². The summed E-state index contributed by atoms with van der Waals surface area (Å²) in [5.41, 5.74) is 1.53. The predicted octanol–water partition coefficient (Wildman–Crippen LogP) is 5.57. The number of rotatable bonds is 4. The summed E-state index contributed by atoms with van der Waals surface area (Å²) >= 11 is 0. The maximum Gasteiger partial charge on any atom is -0.0248 e. The second kappa shape index (κ2) is 6.59. The molecule has 0 aromatic heterocycles. The van der Waals surface area contributed by atoms with Gasteiger partial charge in [-0.2, -0.15) is 0 Å². The van der Waals surface area contributed by atoms with Crippen molar-refractivity contribution in [2.24, 2.45) is 29.6 Å². The van der Waals surface area contributed by atoms with E-state index in [9.17, 15) is 0 Å². The summed E-state index contributed by atoms with van der Waals surface area (Å²) in [6.07, 6.45) is 5.62. The van der Waals surface area contributed by atoms with Gasteiger partial charge in [-0.3, -0.25) is 0 Å². The third-order valence-corrected chi connectivity index (χ3v) is 5.22. The molecule has 1 aliphatic rings. The summed E-state index contributed by atoms with van der Waals surface area (Å²) < 4.78 is 0. The Kier molecular flexibility index (Phi) is 5.07. The lowest BCUT2D eigenvalue weighted by molar-refractivity contribution is 0.113. The maximum atomic E-state index is 2.42. The molecule has 0 nitrogen and oxygen atoms in total. The fourth-order valence-electron chi connectivity index (χ4n) is 3.96. The van der Waals surface area contributed by atoms with E-state index in [1.165, 1.54) is 31.2 Å². The Morgan fingerprint density at radius 2 is 1.63 bits per heavy atom. The van der Waals surface area contributed by atoms with Crippen LogP contribution in [0.25, 0.3) is 0 Å². The Morgan fingerprint density at radius 3 is 2.21 bits per heavy atom. The van der Waals surface area contributed by atoms with Gasteiger partial charge in [-0.05, 0) is 60.8 Å². The quantitative estimate of drug-likeness (QED) is 0.662. The van der Waals surface area contributed by atoms with Gasteiger partial charge >= 0.3 is 0 Å². The fourth-order valence-corrected chi connectivity index (χ4v) is 3.96. The summed E-state index contributed by atoms with van der Waals surface area (Å²) in [5.74, 6) is 4.45. The van der Waals surface area contributed by atoms with Gasteiger partial charge in [-0.25, -0.2) is 0 Å². The van der Waals surface area contributed by atoms with Crippen molar-refractivity contribution >= 4 is 0 Å². The van der Waals surface area contributed by atoms with Crippen LogP contribution in [0.1, 0.15) is 52.5 Å². The van der Waals surface area contributed by atoms with Gasteiger partial charge in [-0.15, -0.1) is 0 Å². The highest BCUT2D eigenvalue weighted by atomic mass is 14.4. The van der Waals surface area contributed by atoms with Crippen molar-refractivity contribution in [2.75, 3.05) is 0 Å². The normalized spacial score (nSPS) is 28.0. The fraction of sp³-hybridized carbons (Fsp3) is 0.684. The molecule has 0 unspecified atom stereocenters. The van der Waals surface area contributed by atoms with E-state index in [1.54, 1.807) is 0 Å². The Labute approximate surface area is 119 Å². The molecule has 0 amide bonds. The molecule has 0 heteroatoms. The zero-order chi connectivity index (χ0) is 13.8. The van der Waals surface area contributed by atoms with Crippen molar-refractivity contribution in [1.29, 1.82) is 0 Å². The summed E-state index contributed by atoms with van der Waals surface area (Å²) in [5, 5.41) is 0. The molecule has 0 aliphatic heterocycles. The lowest BCUT2D eigenvalue weighted by atomic mass is 9.65. The van der Waals surface area contributed by atoms with Crippen molar-refractivity contribution in [3.05, 3.63) is 35.9 Å². The highest BCUT2D eigenvalue weighted by molar-refractivity contribution is 5.15. The average molecular weight is 258 g/mol. The molecule has 1 aromatic carbocycles. The first-order valence-corrected chi connectivity index (χ1v) is 8.11. The molecule has 2 rings (SSSR count). The van der Waals surface area contributed by atoms with Crippen LogP contribution >= 0.6 is 0 Å². The van der Waals surface area contributed by atoms with E-state index < -0.39 is 0 Å². The third kappa shape index (κ3) is 3.84. The van der Waals surface area contributed by atoms with Gasteiger partial charge in [0.2, 0.25) is 0 Å². The minimum absolute atomic E-state index is 0.835. The maximum absolute atomic E-state index is 2.42. The highest BCUT2D eigenvalue weighted by Gasteiger charge is 2.33. The first-order chi connectivity index (χ1) is 9.08. The lowest BCUT2D eigenvalue weighted by Gasteiger charge is -2.40. The standard InChI is InChI=1S/C19H30/c1-14(2)17-10-11-19(15(3)4)18(13-17)12-16-8-6-5-7-9-16/h5-9,14-15,17-19H,10-13H2,1-4H3/t17-,18-,19+/m1/s1. The van der Waals surface area contributed by atoms with Gasteiger partial charge in [0, 0.05) is 0 Å². The molecule has 1 aromatic rings. The van der Waals surface area contributed by atoms with Crippen LogP contribution in [-0.4, -0.2) is 0 Å². The van der Waals surface area contributed by atoms with E-state index in [4.69, 9.17) is 0 Å². The van der Waals surface area contributed by atoms with Gasteiger partial charge < -0.3 is 0 Å². The van der Waals surface area contributed by atoms with E-state index >= 15 is 0 Å². The SMILES string of the molecule is CC(C)[C@@H]1CC[C@@H](C(C)C)[C@H](Cc2ccccc2)C1. The molecule has 106 valence electrons. The number of hydrogen-bond acceptors (Lipinski definition) is 0. The number of benzene rings is 1. The third-order valence-electron chi connectivity index (χ3n) is 5.22. The van der Waals surface area contributed by atoms with E-state index in [-0.39, 0.29) is 0 Å². The molecule has 0 saturated heterocycles. The Hall–Kier alpha value is -0.780. The lowest BCUT2D eigenvalue weighted by Crippen LogP contribution is -2.31. The van der Waals surface area contributed by atoms with Crippen molar-refractivity contribution in [2.45, 2.75) is 53.4 Å². The molecule has 0 heterocycles. The Morgan fingerprint density at radius 1 is 0.947 bits per heavy atom. The Bertz CT molecular complexity index is 363. The van der Waals surface area contributed by atoms with Crippen LogP contribution in [0.4, 0.5) is 0 Å². The molecule has 0 spiro atoms. The molecule has 3 atom stereocenters. The van der Waals surface area contributed by atoms with Gasteiger partial charge in [-0.1, -0.05) is 58.0 Å². The molecule has 19 heavy (non-hydrogen) atoms. The largest absolute Gasteiger partial charge is 0.0625 e.